The Labute approximate surface area is 118 Å². The summed E-state index contributed by atoms with van der Waals surface area (Å²) in [5.41, 5.74) is 5.37. The molecule has 20 heavy (non-hydrogen) atoms. The summed E-state index contributed by atoms with van der Waals surface area (Å²) in [5.74, 6) is -1.24. The molecule has 110 valence electrons. The lowest BCUT2D eigenvalue weighted by Gasteiger charge is -2.22. The molecule has 0 spiro atoms. The predicted octanol–water partition coefficient (Wildman–Crippen LogP) is 1.58. The summed E-state index contributed by atoms with van der Waals surface area (Å²) < 4.78 is 27.1. The number of anilines is 1. The fourth-order valence-corrected chi connectivity index (χ4v) is 3.73. The van der Waals surface area contributed by atoms with E-state index >= 15 is 0 Å². The lowest BCUT2D eigenvalue weighted by atomic mass is 9.96. The van der Waals surface area contributed by atoms with E-state index in [4.69, 9.17) is 10.8 Å². The average molecular weight is 298 g/mol. The number of hydrogen-bond acceptors (Lipinski definition) is 4. The summed E-state index contributed by atoms with van der Waals surface area (Å²) in [6.07, 6.45) is 4.79. The quantitative estimate of drug-likeness (QED) is 0.731. The smallest absolute Gasteiger partial charge is 0.337 e. The van der Waals surface area contributed by atoms with Gasteiger partial charge in [0.15, 0.2) is 0 Å². The molecule has 1 aromatic carbocycles. The molecule has 0 atom stereocenters. The third-order valence-electron chi connectivity index (χ3n) is 3.49. The first-order chi connectivity index (χ1) is 9.40. The van der Waals surface area contributed by atoms with E-state index in [0.717, 1.165) is 38.2 Å². The molecule has 6 nitrogen and oxygen atoms in total. The van der Waals surface area contributed by atoms with Crippen LogP contribution in [0.2, 0.25) is 0 Å². The molecular weight excluding hydrogens is 280 g/mol. The fourth-order valence-electron chi connectivity index (χ4n) is 2.40. The van der Waals surface area contributed by atoms with Crippen LogP contribution < -0.4 is 10.5 Å². The summed E-state index contributed by atoms with van der Waals surface area (Å²) in [7, 11) is -3.70. The monoisotopic (exact) mass is 298 g/mol. The molecule has 7 heteroatoms. The van der Waals surface area contributed by atoms with Crippen LogP contribution in [0, 0.1) is 0 Å². The third-order valence-corrected chi connectivity index (χ3v) is 5.01. The molecule has 0 radical (unpaired) electrons. The number of aromatic carboxylic acids is 1. The first-order valence-electron chi connectivity index (χ1n) is 6.55. The zero-order valence-corrected chi connectivity index (χ0v) is 11.8. The van der Waals surface area contributed by atoms with Gasteiger partial charge in [-0.05, 0) is 31.0 Å². The molecule has 1 saturated carbocycles. The maximum absolute atomic E-state index is 12.2. The van der Waals surface area contributed by atoms with Crippen molar-refractivity contribution in [3.63, 3.8) is 0 Å². The Morgan fingerprint density at radius 1 is 1.25 bits per heavy atom. The standard InChI is InChI=1S/C13H18N2O4S/c14-12-7-6-10(8-11(12)13(16)17)20(18,19)15-9-4-2-1-3-5-9/h6-9,15H,1-5,14H2,(H,16,17). The van der Waals surface area contributed by atoms with Crippen LogP contribution in [0.15, 0.2) is 23.1 Å². The number of nitrogens with two attached hydrogens (primary N) is 1. The van der Waals surface area contributed by atoms with Gasteiger partial charge in [0.25, 0.3) is 0 Å². The van der Waals surface area contributed by atoms with Gasteiger partial charge < -0.3 is 10.8 Å². The van der Waals surface area contributed by atoms with E-state index in [9.17, 15) is 13.2 Å². The lowest BCUT2D eigenvalue weighted by molar-refractivity contribution is 0.0698. The van der Waals surface area contributed by atoms with Crippen molar-refractivity contribution >= 4 is 21.7 Å². The first kappa shape index (κ1) is 14.8. The van der Waals surface area contributed by atoms with Crippen LogP contribution in [-0.4, -0.2) is 25.5 Å². The van der Waals surface area contributed by atoms with Crippen molar-refractivity contribution in [1.82, 2.24) is 4.72 Å². The van der Waals surface area contributed by atoms with Crippen LogP contribution in [0.5, 0.6) is 0 Å². The Morgan fingerprint density at radius 3 is 2.50 bits per heavy atom. The van der Waals surface area contributed by atoms with Crippen LogP contribution >= 0.6 is 0 Å². The number of sulfonamides is 1. The number of carboxylic acids is 1. The average Bonchev–Trinajstić information content (AvgIpc) is 2.39. The van der Waals surface area contributed by atoms with Gasteiger partial charge in [-0.2, -0.15) is 0 Å². The van der Waals surface area contributed by atoms with Gasteiger partial charge in [-0.3, -0.25) is 0 Å². The molecule has 0 aliphatic heterocycles. The highest BCUT2D eigenvalue weighted by Gasteiger charge is 2.23. The van der Waals surface area contributed by atoms with Gasteiger partial charge in [0.05, 0.1) is 10.5 Å². The van der Waals surface area contributed by atoms with Crippen molar-refractivity contribution in [2.45, 2.75) is 43.0 Å². The van der Waals surface area contributed by atoms with Gasteiger partial charge >= 0.3 is 5.97 Å². The van der Waals surface area contributed by atoms with Gasteiger partial charge in [0, 0.05) is 11.7 Å². The molecule has 2 rings (SSSR count). The predicted molar refractivity (Wildman–Crippen MR) is 75.0 cm³/mol. The summed E-state index contributed by atoms with van der Waals surface area (Å²) in [5, 5.41) is 8.98. The molecule has 0 unspecified atom stereocenters. The Bertz CT molecular complexity index is 607. The number of nitrogen functional groups attached to an aromatic ring is 1. The van der Waals surface area contributed by atoms with Crippen LogP contribution in [0.3, 0.4) is 0 Å². The Kier molecular flexibility index (Phi) is 4.29. The largest absolute Gasteiger partial charge is 0.478 e. The molecule has 1 fully saturated rings. The van der Waals surface area contributed by atoms with Gasteiger partial charge in [0.1, 0.15) is 0 Å². The van der Waals surface area contributed by atoms with Gasteiger partial charge in [-0.25, -0.2) is 17.9 Å². The minimum Gasteiger partial charge on any atom is -0.478 e. The number of carboxylic acid groups (broad SMARTS) is 1. The molecule has 0 bridgehead atoms. The minimum atomic E-state index is -3.70. The van der Waals surface area contributed by atoms with Crippen molar-refractivity contribution in [3.8, 4) is 0 Å². The van der Waals surface area contributed by atoms with E-state index in [0.29, 0.717) is 0 Å². The number of hydrogen-bond donors (Lipinski definition) is 3. The summed E-state index contributed by atoms with van der Waals surface area (Å²) in [6.45, 7) is 0. The highest BCUT2D eigenvalue weighted by molar-refractivity contribution is 7.89. The molecule has 0 aromatic heterocycles. The molecule has 4 N–H and O–H groups in total. The molecule has 1 aliphatic carbocycles. The molecule has 0 saturated heterocycles. The van der Waals surface area contributed by atoms with Crippen molar-refractivity contribution in [2.75, 3.05) is 5.73 Å². The fraction of sp³-hybridized carbons (Fsp3) is 0.462. The normalized spacial score (nSPS) is 17.0. The molecule has 0 amide bonds. The number of nitrogens with one attached hydrogen (secondary N) is 1. The van der Waals surface area contributed by atoms with Crippen LogP contribution in [0.4, 0.5) is 5.69 Å². The van der Waals surface area contributed by atoms with Crippen LogP contribution in [0.1, 0.15) is 42.5 Å². The second kappa shape index (κ2) is 5.80. The van der Waals surface area contributed by atoms with Crippen LogP contribution in [0.25, 0.3) is 0 Å². The van der Waals surface area contributed by atoms with E-state index < -0.39 is 16.0 Å². The van der Waals surface area contributed by atoms with Crippen LogP contribution in [-0.2, 0) is 10.0 Å². The molecule has 1 aromatic rings. The third kappa shape index (κ3) is 3.29. The number of carbonyl (C=O) groups is 1. The Hall–Kier alpha value is -1.60. The summed E-state index contributed by atoms with van der Waals surface area (Å²) >= 11 is 0. The number of rotatable bonds is 4. The molecular formula is C13H18N2O4S. The highest BCUT2D eigenvalue weighted by Crippen LogP contribution is 2.22. The topological polar surface area (TPSA) is 109 Å². The second-order valence-corrected chi connectivity index (χ2v) is 6.72. The van der Waals surface area contributed by atoms with Crippen molar-refractivity contribution in [3.05, 3.63) is 23.8 Å². The van der Waals surface area contributed by atoms with E-state index in [1.807, 2.05) is 0 Å². The lowest BCUT2D eigenvalue weighted by Crippen LogP contribution is -2.36. The van der Waals surface area contributed by atoms with Crippen molar-refractivity contribution in [1.29, 1.82) is 0 Å². The second-order valence-electron chi connectivity index (χ2n) is 5.01. The van der Waals surface area contributed by atoms with E-state index in [1.165, 1.54) is 12.1 Å². The van der Waals surface area contributed by atoms with Crippen molar-refractivity contribution < 1.29 is 18.3 Å². The van der Waals surface area contributed by atoms with Gasteiger partial charge in [-0.15, -0.1) is 0 Å². The number of benzene rings is 1. The Morgan fingerprint density at radius 2 is 1.90 bits per heavy atom. The van der Waals surface area contributed by atoms with E-state index in [-0.39, 0.29) is 22.2 Å². The SMILES string of the molecule is Nc1ccc(S(=O)(=O)NC2CCCCC2)cc1C(=O)O. The maximum Gasteiger partial charge on any atom is 0.337 e. The molecule has 1 aliphatic rings. The Balaban J connectivity index is 2.24. The summed E-state index contributed by atoms with van der Waals surface area (Å²) in [4.78, 5) is 10.9. The zero-order valence-electron chi connectivity index (χ0n) is 11.0. The van der Waals surface area contributed by atoms with Gasteiger partial charge in [0.2, 0.25) is 10.0 Å². The summed E-state index contributed by atoms with van der Waals surface area (Å²) in [6, 6.07) is 3.66. The maximum atomic E-state index is 12.2. The highest BCUT2D eigenvalue weighted by atomic mass is 32.2. The van der Waals surface area contributed by atoms with E-state index in [1.54, 1.807) is 0 Å². The zero-order chi connectivity index (χ0) is 14.8. The van der Waals surface area contributed by atoms with Crippen molar-refractivity contribution in [2.24, 2.45) is 0 Å². The van der Waals surface area contributed by atoms with E-state index in [2.05, 4.69) is 4.72 Å². The minimum absolute atomic E-state index is 0.0501. The van der Waals surface area contributed by atoms with Gasteiger partial charge in [-0.1, -0.05) is 19.3 Å². The first-order valence-corrected chi connectivity index (χ1v) is 8.03. The molecule has 0 heterocycles.